The zero-order chi connectivity index (χ0) is 27.2. The predicted molar refractivity (Wildman–Crippen MR) is 147 cm³/mol. The van der Waals surface area contributed by atoms with Crippen molar-refractivity contribution in [3.8, 4) is 0 Å². The molecule has 0 amide bonds. The molecule has 35 heavy (non-hydrogen) atoms. The maximum atomic E-state index is 12.8. The highest BCUT2D eigenvalue weighted by Gasteiger charge is 2.31. The summed E-state index contributed by atoms with van der Waals surface area (Å²) in [5.74, 6) is -0.713. The Balaban J connectivity index is 0.00000298. The number of fused-ring (bicyclic) bond motifs is 1. The Bertz CT molecular complexity index is 1040. The molecule has 0 saturated heterocycles. The average Bonchev–Trinajstić information content (AvgIpc) is 2.71. The van der Waals surface area contributed by atoms with Crippen molar-refractivity contribution in [1.82, 2.24) is 0 Å². The molecule has 0 aliphatic carbocycles. The molecule has 2 aromatic carbocycles. The van der Waals surface area contributed by atoms with E-state index >= 15 is 0 Å². The van der Waals surface area contributed by atoms with E-state index in [4.69, 9.17) is 9.47 Å². The molecule has 0 heterocycles. The van der Waals surface area contributed by atoms with Gasteiger partial charge in [-0.05, 0) is 86.4 Å². The summed E-state index contributed by atoms with van der Waals surface area (Å²) in [6, 6.07) is 10.7. The van der Waals surface area contributed by atoms with Crippen LogP contribution in [0.2, 0.25) is 0 Å². The smallest absolute Gasteiger partial charge is 0.338 e. The van der Waals surface area contributed by atoms with Gasteiger partial charge in [0.05, 0.1) is 11.1 Å². The van der Waals surface area contributed by atoms with Crippen molar-refractivity contribution >= 4 is 22.7 Å². The molecule has 0 aliphatic rings. The van der Waals surface area contributed by atoms with E-state index in [-0.39, 0.29) is 22.8 Å². The fourth-order valence-electron chi connectivity index (χ4n) is 4.64. The third kappa shape index (κ3) is 9.87. The standard InChI is InChI=1S/C29H40O4.C2H6/c1-11-27(5,6)19-29(9,10)33-25(31)23-15-13-20-16-22(14-12-21(20)17-23)24(30)32-28(7,8)18-26(2,3)4;1-2/h11-17H,1,18-19H2,2-10H3;1-2H3. The summed E-state index contributed by atoms with van der Waals surface area (Å²) >= 11 is 0. The summed E-state index contributed by atoms with van der Waals surface area (Å²) in [5.41, 5.74) is -0.309. The van der Waals surface area contributed by atoms with Gasteiger partial charge >= 0.3 is 11.9 Å². The zero-order valence-electron chi connectivity index (χ0n) is 23.8. The van der Waals surface area contributed by atoms with Gasteiger partial charge in [-0.25, -0.2) is 9.59 Å². The largest absolute Gasteiger partial charge is 0.456 e. The Morgan fingerprint density at radius 1 is 0.714 bits per heavy atom. The van der Waals surface area contributed by atoms with Crippen LogP contribution in [0.4, 0.5) is 0 Å². The molecule has 2 rings (SSSR count). The summed E-state index contributed by atoms with van der Waals surface area (Å²) in [4.78, 5) is 25.6. The topological polar surface area (TPSA) is 52.6 Å². The Kier molecular flexibility index (Phi) is 9.91. The van der Waals surface area contributed by atoms with E-state index in [1.807, 2.05) is 59.8 Å². The molecule has 0 unspecified atom stereocenters. The molecule has 0 fully saturated rings. The third-order valence-corrected chi connectivity index (χ3v) is 5.44. The van der Waals surface area contributed by atoms with Gasteiger partial charge in [-0.1, -0.05) is 66.7 Å². The van der Waals surface area contributed by atoms with Gasteiger partial charge in [0.1, 0.15) is 11.2 Å². The summed E-state index contributed by atoms with van der Waals surface area (Å²) in [6.07, 6.45) is 3.30. The van der Waals surface area contributed by atoms with Crippen LogP contribution in [-0.4, -0.2) is 23.1 Å². The van der Waals surface area contributed by atoms with Gasteiger partial charge in [0.2, 0.25) is 0 Å². The van der Waals surface area contributed by atoms with Crippen LogP contribution in [0.1, 0.15) is 110 Å². The normalized spacial score (nSPS) is 12.4. The first-order valence-electron chi connectivity index (χ1n) is 12.6. The van der Waals surface area contributed by atoms with E-state index in [1.54, 1.807) is 24.3 Å². The predicted octanol–water partition coefficient (Wildman–Crippen LogP) is 8.78. The van der Waals surface area contributed by atoms with Gasteiger partial charge in [-0.3, -0.25) is 0 Å². The lowest BCUT2D eigenvalue weighted by Crippen LogP contribution is -2.33. The van der Waals surface area contributed by atoms with E-state index in [1.165, 1.54) is 0 Å². The molecule has 0 saturated carbocycles. The fraction of sp³-hybridized carbons (Fsp3) is 0.548. The maximum Gasteiger partial charge on any atom is 0.338 e. The third-order valence-electron chi connectivity index (χ3n) is 5.44. The summed E-state index contributed by atoms with van der Waals surface area (Å²) in [7, 11) is 0. The van der Waals surface area contributed by atoms with Crippen LogP contribution in [0.15, 0.2) is 49.1 Å². The highest BCUT2D eigenvalue weighted by molar-refractivity contribution is 5.99. The number of ether oxygens (including phenoxy) is 2. The molecule has 194 valence electrons. The average molecular weight is 483 g/mol. The number of carbonyl (C=O) groups is 2. The minimum atomic E-state index is -0.628. The second kappa shape index (κ2) is 11.4. The van der Waals surface area contributed by atoms with E-state index in [0.29, 0.717) is 17.5 Å². The summed E-state index contributed by atoms with van der Waals surface area (Å²) in [5, 5.41) is 1.72. The van der Waals surface area contributed by atoms with Crippen molar-refractivity contribution in [3.05, 3.63) is 60.2 Å². The van der Waals surface area contributed by atoms with Crippen molar-refractivity contribution in [2.75, 3.05) is 0 Å². The summed E-state index contributed by atoms with van der Waals surface area (Å²) in [6.45, 7) is 26.1. The Hall–Kier alpha value is -2.62. The fourth-order valence-corrected chi connectivity index (χ4v) is 4.64. The van der Waals surface area contributed by atoms with Gasteiger partial charge in [-0.15, -0.1) is 6.58 Å². The van der Waals surface area contributed by atoms with Crippen molar-refractivity contribution in [1.29, 1.82) is 0 Å². The second-order valence-electron chi connectivity index (χ2n) is 12.2. The van der Waals surface area contributed by atoms with Gasteiger partial charge < -0.3 is 9.47 Å². The van der Waals surface area contributed by atoms with Crippen molar-refractivity contribution in [2.45, 2.75) is 100 Å². The maximum absolute atomic E-state index is 12.8. The lowest BCUT2D eigenvalue weighted by Gasteiger charge is -2.32. The quantitative estimate of drug-likeness (QED) is 0.279. The van der Waals surface area contributed by atoms with Crippen LogP contribution in [0.25, 0.3) is 10.8 Å². The number of esters is 2. The SMILES string of the molecule is C=CC(C)(C)CC(C)(C)OC(=O)c1ccc2cc(C(=O)OC(C)(C)CC(C)(C)C)ccc2c1.CC. The number of benzene rings is 2. The number of rotatable bonds is 8. The van der Waals surface area contributed by atoms with Gasteiger partial charge in [0.15, 0.2) is 0 Å². The number of hydrogen-bond donors (Lipinski definition) is 0. The van der Waals surface area contributed by atoms with Crippen LogP contribution in [-0.2, 0) is 9.47 Å². The molecule has 0 aromatic heterocycles. The van der Waals surface area contributed by atoms with Crippen LogP contribution in [0, 0.1) is 10.8 Å². The van der Waals surface area contributed by atoms with Crippen molar-refractivity contribution in [3.63, 3.8) is 0 Å². The second-order valence-corrected chi connectivity index (χ2v) is 12.2. The van der Waals surface area contributed by atoms with E-state index in [9.17, 15) is 9.59 Å². The Morgan fingerprint density at radius 3 is 1.43 bits per heavy atom. The molecule has 0 bridgehead atoms. The van der Waals surface area contributed by atoms with E-state index in [0.717, 1.165) is 17.2 Å². The van der Waals surface area contributed by atoms with Gasteiger partial charge in [0, 0.05) is 0 Å². The van der Waals surface area contributed by atoms with E-state index in [2.05, 4.69) is 41.2 Å². The molecule has 0 aliphatic heterocycles. The highest BCUT2D eigenvalue weighted by atomic mass is 16.6. The van der Waals surface area contributed by atoms with Gasteiger partial charge in [-0.2, -0.15) is 0 Å². The monoisotopic (exact) mass is 482 g/mol. The molecule has 4 heteroatoms. The Morgan fingerprint density at radius 2 is 1.09 bits per heavy atom. The molecule has 0 N–H and O–H groups in total. The molecule has 4 nitrogen and oxygen atoms in total. The van der Waals surface area contributed by atoms with Crippen molar-refractivity contribution in [2.24, 2.45) is 10.8 Å². The molecule has 0 atom stereocenters. The van der Waals surface area contributed by atoms with Gasteiger partial charge in [0.25, 0.3) is 0 Å². The molecule has 0 spiro atoms. The van der Waals surface area contributed by atoms with E-state index < -0.39 is 11.2 Å². The summed E-state index contributed by atoms with van der Waals surface area (Å²) < 4.78 is 11.6. The highest BCUT2D eigenvalue weighted by Crippen LogP contribution is 2.32. The number of carbonyl (C=O) groups excluding carboxylic acids is 2. The lowest BCUT2D eigenvalue weighted by molar-refractivity contribution is -0.0183. The minimum absolute atomic E-state index is 0.0498. The Labute approximate surface area is 213 Å². The van der Waals surface area contributed by atoms with Crippen LogP contribution >= 0.6 is 0 Å². The van der Waals surface area contributed by atoms with Crippen molar-refractivity contribution < 1.29 is 19.1 Å². The molecule has 2 aromatic rings. The first-order chi connectivity index (χ1) is 15.9. The first kappa shape index (κ1) is 30.4. The van der Waals surface area contributed by atoms with Crippen LogP contribution in [0.3, 0.4) is 0 Å². The first-order valence-corrected chi connectivity index (χ1v) is 12.6. The molecular formula is C31H46O4. The van der Waals surface area contributed by atoms with Crippen LogP contribution < -0.4 is 0 Å². The minimum Gasteiger partial charge on any atom is -0.456 e. The molecule has 0 radical (unpaired) electrons. The van der Waals surface area contributed by atoms with Crippen LogP contribution in [0.5, 0.6) is 0 Å². The lowest BCUT2D eigenvalue weighted by atomic mass is 9.82. The number of allylic oxidation sites excluding steroid dienone is 1. The zero-order valence-corrected chi connectivity index (χ0v) is 23.8. The molecular weight excluding hydrogens is 436 g/mol. The number of hydrogen-bond acceptors (Lipinski definition) is 4.